The molecule has 4 heteroatoms. The maximum atomic E-state index is 5.47. The van der Waals surface area contributed by atoms with Gasteiger partial charge in [-0.2, -0.15) is 0 Å². The number of rotatable bonds is 7. The maximum Gasteiger partial charge on any atom is 0.119 e. The molecule has 16 heavy (non-hydrogen) atoms. The van der Waals surface area contributed by atoms with Crippen molar-refractivity contribution in [2.45, 2.75) is 44.4 Å². The van der Waals surface area contributed by atoms with Crippen molar-refractivity contribution in [1.29, 1.82) is 0 Å². The summed E-state index contributed by atoms with van der Waals surface area (Å²) in [7, 11) is 1.53. The molecule has 1 unspecified atom stereocenters. The standard InChI is InChI=1S/C12H21NOS2/c1-4-5-8-13-12(2,3)11(16-15)10-7-6-9-14-10/h6-7,9,11,13,15H,4-5,8H2,1-3H3. The molecule has 0 amide bonds. The summed E-state index contributed by atoms with van der Waals surface area (Å²) in [6, 6.07) is 3.94. The van der Waals surface area contributed by atoms with Gasteiger partial charge in [0.05, 0.1) is 11.5 Å². The monoisotopic (exact) mass is 259 g/mol. The molecule has 0 bridgehead atoms. The van der Waals surface area contributed by atoms with E-state index >= 15 is 0 Å². The van der Waals surface area contributed by atoms with Gasteiger partial charge in [-0.3, -0.25) is 0 Å². The highest BCUT2D eigenvalue weighted by molar-refractivity contribution is 8.68. The van der Waals surface area contributed by atoms with Crippen LogP contribution < -0.4 is 5.32 Å². The van der Waals surface area contributed by atoms with E-state index in [1.54, 1.807) is 6.26 Å². The average Bonchev–Trinajstić information content (AvgIpc) is 2.72. The normalized spacial score (nSPS) is 14.0. The van der Waals surface area contributed by atoms with Crippen LogP contribution in [0.5, 0.6) is 0 Å². The van der Waals surface area contributed by atoms with Crippen LogP contribution in [-0.2, 0) is 0 Å². The van der Waals surface area contributed by atoms with Crippen LogP contribution in [0.3, 0.4) is 0 Å². The Balaban J connectivity index is 2.63. The fraction of sp³-hybridized carbons (Fsp3) is 0.667. The first kappa shape index (κ1) is 14.0. The Morgan fingerprint density at radius 2 is 2.31 bits per heavy atom. The van der Waals surface area contributed by atoms with Crippen LogP contribution in [0.25, 0.3) is 0 Å². The summed E-state index contributed by atoms with van der Waals surface area (Å²) in [6.45, 7) is 7.62. The zero-order valence-electron chi connectivity index (χ0n) is 10.2. The van der Waals surface area contributed by atoms with Crippen molar-refractivity contribution in [3.05, 3.63) is 24.2 Å². The van der Waals surface area contributed by atoms with Crippen molar-refractivity contribution in [3.63, 3.8) is 0 Å². The largest absolute Gasteiger partial charge is 0.468 e. The fourth-order valence-corrected chi connectivity index (χ4v) is 3.35. The Labute approximate surface area is 107 Å². The summed E-state index contributed by atoms with van der Waals surface area (Å²) in [4.78, 5) is 0. The Morgan fingerprint density at radius 1 is 1.56 bits per heavy atom. The lowest BCUT2D eigenvalue weighted by atomic mass is 9.98. The van der Waals surface area contributed by atoms with Crippen molar-refractivity contribution in [3.8, 4) is 0 Å². The van der Waals surface area contributed by atoms with Gasteiger partial charge in [-0.15, -0.1) is 11.7 Å². The molecular weight excluding hydrogens is 238 g/mol. The minimum absolute atomic E-state index is 0.0144. The topological polar surface area (TPSA) is 25.2 Å². The van der Waals surface area contributed by atoms with Crippen molar-refractivity contribution >= 4 is 22.5 Å². The van der Waals surface area contributed by atoms with E-state index in [1.165, 1.54) is 23.6 Å². The van der Waals surface area contributed by atoms with Crippen LogP contribution >= 0.6 is 22.5 Å². The molecule has 1 aromatic heterocycles. The Hall–Kier alpha value is -0.0600. The lowest BCUT2D eigenvalue weighted by molar-refractivity contribution is 0.345. The van der Waals surface area contributed by atoms with Gasteiger partial charge < -0.3 is 9.73 Å². The second kappa shape index (κ2) is 6.62. The Kier molecular flexibility index (Phi) is 5.79. The van der Waals surface area contributed by atoms with Crippen LogP contribution in [0.1, 0.15) is 44.6 Å². The molecule has 0 radical (unpaired) electrons. The molecule has 0 aliphatic carbocycles. The van der Waals surface area contributed by atoms with Crippen LogP contribution in [0.4, 0.5) is 0 Å². The third kappa shape index (κ3) is 3.75. The number of thiol groups is 1. The molecule has 1 aromatic rings. The van der Waals surface area contributed by atoms with E-state index < -0.39 is 0 Å². The molecular formula is C12H21NOS2. The molecule has 1 atom stereocenters. The van der Waals surface area contributed by atoms with Gasteiger partial charge >= 0.3 is 0 Å². The molecule has 1 N–H and O–H groups in total. The van der Waals surface area contributed by atoms with Crippen molar-refractivity contribution in [2.24, 2.45) is 0 Å². The van der Waals surface area contributed by atoms with Gasteiger partial charge in [-0.25, -0.2) is 0 Å². The first-order chi connectivity index (χ1) is 7.61. The quantitative estimate of drug-likeness (QED) is 0.439. The second-order valence-corrected chi connectivity index (χ2v) is 5.82. The third-order valence-corrected chi connectivity index (χ3v) is 4.34. The molecule has 1 rings (SSSR count). The van der Waals surface area contributed by atoms with Gasteiger partial charge in [-0.1, -0.05) is 24.1 Å². The molecule has 0 saturated carbocycles. The predicted octanol–water partition coefficient (Wildman–Crippen LogP) is 4.07. The highest BCUT2D eigenvalue weighted by Gasteiger charge is 2.31. The smallest absolute Gasteiger partial charge is 0.119 e. The van der Waals surface area contributed by atoms with E-state index in [9.17, 15) is 0 Å². The molecule has 0 aromatic carbocycles. The van der Waals surface area contributed by atoms with E-state index in [4.69, 9.17) is 4.42 Å². The third-order valence-electron chi connectivity index (χ3n) is 2.67. The number of hydrogen-bond acceptors (Lipinski definition) is 4. The summed E-state index contributed by atoms with van der Waals surface area (Å²) < 4.78 is 5.47. The minimum atomic E-state index is -0.0144. The molecule has 92 valence electrons. The molecule has 0 fully saturated rings. The summed E-state index contributed by atoms with van der Waals surface area (Å²) >= 11 is 4.36. The number of nitrogens with one attached hydrogen (secondary N) is 1. The van der Waals surface area contributed by atoms with Crippen LogP contribution in [0.15, 0.2) is 22.8 Å². The van der Waals surface area contributed by atoms with Crippen LogP contribution in [-0.4, -0.2) is 12.1 Å². The van der Waals surface area contributed by atoms with Crippen LogP contribution in [0.2, 0.25) is 0 Å². The van der Waals surface area contributed by atoms with Gasteiger partial charge in [0.15, 0.2) is 0 Å². The zero-order valence-corrected chi connectivity index (χ0v) is 11.9. The lowest BCUT2D eigenvalue weighted by Gasteiger charge is -2.32. The molecule has 0 spiro atoms. The van der Waals surface area contributed by atoms with Crippen molar-refractivity contribution in [2.75, 3.05) is 6.54 Å². The Bertz CT molecular complexity index is 285. The average molecular weight is 259 g/mol. The van der Waals surface area contributed by atoms with E-state index in [2.05, 4.69) is 37.7 Å². The molecule has 0 aliphatic rings. The summed E-state index contributed by atoms with van der Waals surface area (Å²) in [5.74, 6) is 0.981. The number of unbranched alkanes of at least 4 members (excludes halogenated alkanes) is 1. The fourth-order valence-electron chi connectivity index (χ4n) is 1.66. The Morgan fingerprint density at radius 3 is 2.81 bits per heavy atom. The summed E-state index contributed by atoms with van der Waals surface area (Å²) in [5, 5.41) is 3.79. The minimum Gasteiger partial charge on any atom is -0.468 e. The van der Waals surface area contributed by atoms with E-state index in [1.807, 2.05) is 12.1 Å². The van der Waals surface area contributed by atoms with E-state index in [-0.39, 0.29) is 10.8 Å². The van der Waals surface area contributed by atoms with Gasteiger partial charge in [0, 0.05) is 5.54 Å². The molecule has 2 nitrogen and oxygen atoms in total. The first-order valence-electron chi connectivity index (χ1n) is 5.70. The molecule has 1 heterocycles. The van der Waals surface area contributed by atoms with Gasteiger partial charge in [0.1, 0.15) is 5.76 Å². The highest BCUT2D eigenvalue weighted by atomic mass is 33.1. The summed E-state index contributed by atoms with van der Waals surface area (Å²) in [5.41, 5.74) is -0.0144. The first-order valence-corrected chi connectivity index (χ1v) is 7.63. The van der Waals surface area contributed by atoms with Gasteiger partial charge in [0.25, 0.3) is 0 Å². The SMILES string of the molecule is CCCCNC(C)(C)C(SS)c1ccco1. The van der Waals surface area contributed by atoms with Crippen molar-refractivity contribution in [1.82, 2.24) is 5.32 Å². The number of hydrogen-bond donors (Lipinski definition) is 2. The zero-order chi connectivity index (χ0) is 12.0. The second-order valence-electron chi connectivity index (χ2n) is 4.50. The maximum absolute atomic E-state index is 5.47. The van der Waals surface area contributed by atoms with E-state index in [0.29, 0.717) is 0 Å². The van der Waals surface area contributed by atoms with Gasteiger partial charge in [-0.05, 0) is 38.9 Å². The van der Waals surface area contributed by atoms with Crippen LogP contribution in [0, 0.1) is 0 Å². The summed E-state index contributed by atoms with van der Waals surface area (Å²) in [6.07, 6.45) is 4.13. The highest BCUT2D eigenvalue weighted by Crippen LogP contribution is 2.40. The predicted molar refractivity (Wildman–Crippen MR) is 75.0 cm³/mol. The molecule has 0 aliphatic heterocycles. The van der Waals surface area contributed by atoms with Gasteiger partial charge in [0.2, 0.25) is 0 Å². The number of furan rings is 1. The molecule has 0 saturated heterocycles. The van der Waals surface area contributed by atoms with Crippen molar-refractivity contribution < 1.29 is 4.42 Å². The lowest BCUT2D eigenvalue weighted by Crippen LogP contribution is -2.43. The van der Waals surface area contributed by atoms with E-state index in [0.717, 1.165) is 12.3 Å².